The summed E-state index contributed by atoms with van der Waals surface area (Å²) in [5.74, 6) is -0.379. The molecule has 0 spiro atoms. The molecule has 1 aliphatic heterocycles. The predicted octanol–water partition coefficient (Wildman–Crippen LogP) is 2.77. The first-order valence-corrected chi connectivity index (χ1v) is 7.07. The number of ether oxygens (including phenoxy) is 2. The number of hydrogen-bond acceptors (Lipinski definition) is 3. The average molecular weight is 317 g/mol. The van der Waals surface area contributed by atoms with Crippen molar-refractivity contribution in [3.63, 3.8) is 0 Å². The van der Waals surface area contributed by atoms with Crippen molar-refractivity contribution in [2.24, 2.45) is 0 Å². The Morgan fingerprint density at radius 2 is 2.27 bits per heavy atom. The van der Waals surface area contributed by atoms with Gasteiger partial charge in [-0.1, -0.05) is 6.07 Å². The second-order valence-electron chi connectivity index (χ2n) is 5.22. The zero-order valence-electron chi connectivity index (χ0n) is 12.2. The van der Waals surface area contributed by atoms with Crippen LogP contribution in [0, 0.1) is 0 Å². The normalized spacial score (nSPS) is 19.7. The molecule has 0 unspecified atom stereocenters. The summed E-state index contributed by atoms with van der Waals surface area (Å²) in [4.78, 5) is 11.8. The molecule has 0 saturated carbocycles. The minimum atomic E-state index is -4.43. The van der Waals surface area contributed by atoms with Crippen molar-refractivity contribution < 1.29 is 27.4 Å². The van der Waals surface area contributed by atoms with Crippen molar-refractivity contribution in [1.82, 2.24) is 5.32 Å². The van der Waals surface area contributed by atoms with E-state index in [1.807, 2.05) is 6.92 Å². The molecule has 1 aliphatic rings. The SMILES string of the molecule is C[C@H](NC(=O)COc1cccc(C(F)(F)F)c1)[C@H]1CCCO1. The largest absolute Gasteiger partial charge is 0.484 e. The molecule has 122 valence electrons. The molecule has 0 aromatic heterocycles. The van der Waals surface area contributed by atoms with Crippen LogP contribution in [0.25, 0.3) is 0 Å². The lowest BCUT2D eigenvalue weighted by Gasteiger charge is -2.20. The first-order valence-electron chi connectivity index (χ1n) is 7.07. The second kappa shape index (κ2) is 7.00. The molecular weight excluding hydrogens is 299 g/mol. The Balaban J connectivity index is 1.83. The lowest BCUT2D eigenvalue weighted by molar-refractivity contribution is -0.137. The van der Waals surface area contributed by atoms with Gasteiger partial charge in [-0.25, -0.2) is 0 Å². The van der Waals surface area contributed by atoms with Crippen LogP contribution in [0.5, 0.6) is 5.75 Å². The lowest BCUT2D eigenvalue weighted by Crippen LogP contribution is -2.42. The molecule has 7 heteroatoms. The Bertz CT molecular complexity index is 513. The summed E-state index contributed by atoms with van der Waals surface area (Å²) in [6.45, 7) is 2.18. The summed E-state index contributed by atoms with van der Waals surface area (Å²) >= 11 is 0. The Morgan fingerprint density at radius 1 is 1.50 bits per heavy atom. The van der Waals surface area contributed by atoms with Crippen LogP contribution in [0.2, 0.25) is 0 Å². The van der Waals surface area contributed by atoms with Crippen LogP contribution in [-0.4, -0.2) is 31.3 Å². The number of benzene rings is 1. The number of rotatable bonds is 5. The van der Waals surface area contributed by atoms with E-state index in [1.165, 1.54) is 12.1 Å². The fraction of sp³-hybridized carbons (Fsp3) is 0.533. The summed E-state index contributed by atoms with van der Waals surface area (Å²) < 4.78 is 48.3. The monoisotopic (exact) mass is 317 g/mol. The van der Waals surface area contributed by atoms with E-state index in [0.717, 1.165) is 25.0 Å². The Kier molecular flexibility index (Phi) is 5.28. The number of alkyl halides is 3. The van der Waals surface area contributed by atoms with Crippen molar-refractivity contribution in [3.05, 3.63) is 29.8 Å². The molecule has 0 aliphatic carbocycles. The topological polar surface area (TPSA) is 47.6 Å². The van der Waals surface area contributed by atoms with E-state index >= 15 is 0 Å². The Morgan fingerprint density at radius 3 is 2.91 bits per heavy atom. The average Bonchev–Trinajstić information content (AvgIpc) is 2.99. The molecule has 1 fully saturated rings. The number of carbonyl (C=O) groups excluding carboxylic acids is 1. The van der Waals surface area contributed by atoms with Gasteiger partial charge in [0.1, 0.15) is 5.75 Å². The molecule has 1 amide bonds. The second-order valence-corrected chi connectivity index (χ2v) is 5.22. The third kappa shape index (κ3) is 4.62. The van der Waals surface area contributed by atoms with Gasteiger partial charge in [0.15, 0.2) is 6.61 Å². The first-order chi connectivity index (χ1) is 10.4. The molecule has 1 saturated heterocycles. The van der Waals surface area contributed by atoms with E-state index in [4.69, 9.17) is 9.47 Å². The van der Waals surface area contributed by atoms with Gasteiger partial charge >= 0.3 is 6.18 Å². The fourth-order valence-electron chi connectivity index (χ4n) is 2.30. The molecular formula is C15H18F3NO3. The molecule has 2 atom stereocenters. The molecule has 4 nitrogen and oxygen atoms in total. The predicted molar refractivity (Wildman–Crippen MR) is 73.5 cm³/mol. The molecule has 1 N–H and O–H groups in total. The number of nitrogens with one attached hydrogen (secondary N) is 1. The molecule has 1 aromatic carbocycles. The molecule has 1 aromatic rings. The van der Waals surface area contributed by atoms with Crippen molar-refractivity contribution in [1.29, 1.82) is 0 Å². The first kappa shape index (κ1) is 16.6. The van der Waals surface area contributed by atoms with E-state index in [-0.39, 0.29) is 30.4 Å². The maximum absolute atomic E-state index is 12.6. The van der Waals surface area contributed by atoms with Gasteiger partial charge < -0.3 is 14.8 Å². The van der Waals surface area contributed by atoms with Gasteiger partial charge in [0.2, 0.25) is 0 Å². The van der Waals surface area contributed by atoms with Gasteiger partial charge in [0.05, 0.1) is 17.7 Å². The highest BCUT2D eigenvalue weighted by Gasteiger charge is 2.30. The van der Waals surface area contributed by atoms with Crippen LogP contribution in [0.4, 0.5) is 13.2 Å². The van der Waals surface area contributed by atoms with Gasteiger partial charge in [0.25, 0.3) is 5.91 Å². The van der Waals surface area contributed by atoms with Crippen molar-refractivity contribution in [2.45, 2.75) is 38.1 Å². The summed E-state index contributed by atoms with van der Waals surface area (Å²) in [6, 6.07) is 4.29. The van der Waals surface area contributed by atoms with E-state index < -0.39 is 11.7 Å². The Hall–Kier alpha value is -1.76. The van der Waals surface area contributed by atoms with Gasteiger partial charge in [-0.3, -0.25) is 4.79 Å². The zero-order chi connectivity index (χ0) is 16.2. The minimum absolute atomic E-state index is 0.00902. The molecule has 22 heavy (non-hydrogen) atoms. The van der Waals surface area contributed by atoms with Crippen LogP contribution < -0.4 is 10.1 Å². The molecule has 2 rings (SSSR count). The van der Waals surface area contributed by atoms with Crippen molar-refractivity contribution >= 4 is 5.91 Å². The van der Waals surface area contributed by atoms with Crippen LogP contribution >= 0.6 is 0 Å². The maximum Gasteiger partial charge on any atom is 0.416 e. The summed E-state index contributed by atoms with van der Waals surface area (Å²) in [5.41, 5.74) is -0.807. The van der Waals surface area contributed by atoms with Gasteiger partial charge in [-0.15, -0.1) is 0 Å². The number of amides is 1. The highest BCUT2D eigenvalue weighted by molar-refractivity contribution is 5.77. The van der Waals surface area contributed by atoms with Crippen molar-refractivity contribution in [2.75, 3.05) is 13.2 Å². The highest BCUT2D eigenvalue weighted by atomic mass is 19.4. The number of halogens is 3. The molecule has 1 heterocycles. The van der Waals surface area contributed by atoms with Gasteiger partial charge in [0, 0.05) is 6.61 Å². The third-order valence-corrected chi connectivity index (χ3v) is 3.44. The molecule has 0 radical (unpaired) electrons. The smallest absolute Gasteiger partial charge is 0.416 e. The quantitative estimate of drug-likeness (QED) is 0.908. The van der Waals surface area contributed by atoms with E-state index in [2.05, 4.69) is 5.32 Å². The van der Waals surface area contributed by atoms with Gasteiger partial charge in [-0.05, 0) is 38.0 Å². The number of carbonyl (C=O) groups is 1. The van der Waals surface area contributed by atoms with Crippen LogP contribution in [0.15, 0.2) is 24.3 Å². The van der Waals surface area contributed by atoms with Crippen LogP contribution in [0.1, 0.15) is 25.3 Å². The lowest BCUT2D eigenvalue weighted by atomic mass is 10.1. The summed E-state index contributed by atoms with van der Waals surface area (Å²) in [6.07, 6.45) is -2.60. The van der Waals surface area contributed by atoms with E-state index in [1.54, 1.807) is 0 Å². The molecule has 0 bridgehead atoms. The van der Waals surface area contributed by atoms with Gasteiger partial charge in [-0.2, -0.15) is 13.2 Å². The standard InChI is InChI=1S/C15H18F3NO3/c1-10(13-6-3-7-21-13)19-14(20)9-22-12-5-2-4-11(8-12)15(16,17)18/h2,4-5,8,10,13H,3,6-7,9H2,1H3,(H,19,20)/t10-,13+/m0/s1. The van der Waals surface area contributed by atoms with Crippen LogP contribution in [-0.2, 0) is 15.7 Å². The van der Waals surface area contributed by atoms with Crippen LogP contribution in [0.3, 0.4) is 0 Å². The summed E-state index contributed by atoms with van der Waals surface area (Å²) in [7, 11) is 0. The highest BCUT2D eigenvalue weighted by Crippen LogP contribution is 2.31. The zero-order valence-corrected chi connectivity index (χ0v) is 12.2. The van der Waals surface area contributed by atoms with Crippen molar-refractivity contribution in [3.8, 4) is 5.75 Å². The maximum atomic E-state index is 12.6. The van der Waals surface area contributed by atoms with E-state index in [9.17, 15) is 18.0 Å². The number of hydrogen-bond donors (Lipinski definition) is 1. The fourth-order valence-corrected chi connectivity index (χ4v) is 2.30. The van der Waals surface area contributed by atoms with E-state index in [0.29, 0.717) is 6.61 Å². The minimum Gasteiger partial charge on any atom is -0.484 e. The third-order valence-electron chi connectivity index (χ3n) is 3.44. The Labute approximate surface area is 126 Å². The summed E-state index contributed by atoms with van der Waals surface area (Å²) in [5, 5.41) is 2.73.